The minimum atomic E-state index is -0.151. The van der Waals surface area contributed by atoms with E-state index in [-0.39, 0.29) is 28.8 Å². The molecule has 1 atom stereocenters. The number of nitrogen functional groups attached to an aromatic ring is 1. The third-order valence-corrected chi connectivity index (χ3v) is 3.22. The fraction of sp³-hybridized carbons (Fsp3) is 0.231. The van der Waals surface area contributed by atoms with Crippen molar-refractivity contribution in [3.8, 4) is 18.4 Å². The van der Waals surface area contributed by atoms with Crippen molar-refractivity contribution >= 4 is 28.9 Å². The van der Waals surface area contributed by atoms with Gasteiger partial charge < -0.3 is 10.6 Å². The van der Waals surface area contributed by atoms with Gasteiger partial charge in [-0.15, -0.1) is 12.3 Å². The maximum atomic E-state index is 11.9. The van der Waals surface area contributed by atoms with Crippen LogP contribution in [-0.2, 0) is 4.79 Å². The minimum Gasteiger partial charge on any atom is -0.397 e. The van der Waals surface area contributed by atoms with Crippen LogP contribution < -0.4 is 10.6 Å². The van der Waals surface area contributed by atoms with Crippen LogP contribution in [0, 0.1) is 29.6 Å². The predicted molar refractivity (Wildman–Crippen MR) is 69.9 cm³/mol. The Bertz CT molecular complexity index is 597. The lowest BCUT2D eigenvalue weighted by Crippen LogP contribution is -2.26. The van der Waals surface area contributed by atoms with Crippen LogP contribution in [0.2, 0.25) is 5.02 Å². The molecule has 0 aromatic heterocycles. The molecule has 1 aliphatic heterocycles. The van der Waals surface area contributed by atoms with Gasteiger partial charge in [0.1, 0.15) is 6.07 Å². The fourth-order valence-corrected chi connectivity index (χ4v) is 2.21. The SMILES string of the molecule is C#CC1CC(=O)N(c2c(N)ccc(Cl)c2C#N)C1. The van der Waals surface area contributed by atoms with E-state index in [1.807, 2.05) is 6.07 Å². The highest BCUT2D eigenvalue weighted by Crippen LogP contribution is 2.36. The van der Waals surface area contributed by atoms with Gasteiger partial charge in [-0.05, 0) is 12.1 Å². The van der Waals surface area contributed by atoms with Crippen LogP contribution in [0.3, 0.4) is 0 Å². The molecule has 2 N–H and O–H groups in total. The first kappa shape index (κ1) is 12.3. The van der Waals surface area contributed by atoms with Crippen molar-refractivity contribution < 1.29 is 4.79 Å². The Morgan fingerprint density at radius 1 is 1.56 bits per heavy atom. The zero-order valence-corrected chi connectivity index (χ0v) is 10.2. The summed E-state index contributed by atoms with van der Waals surface area (Å²) in [6.07, 6.45) is 5.59. The number of terminal acetylenes is 1. The Morgan fingerprint density at radius 3 is 2.83 bits per heavy atom. The van der Waals surface area contributed by atoms with E-state index in [2.05, 4.69) is 5.92 Å². The highest BCUT2D eigenvalue weighted by atomic mass is 35.5. The lowest BCUT2D eigenvalue weighted by molar-refractivity contribution is -0.117. The molecule has 1 amide bonds. The average Bonchev–Trinajstić information content (AvgIpc) is 2.73. The van der Waals surface area contributed by atoms with Crippen LogP contribution in [0.4, 0.5) is 11.4 Å². The first-order chi connectivity index (χ1) is 8.58. The molecular formula is C13H10ClN3O. The summed E-state index contributed by atoms with van der Waals surface area (Å²) in [6, 6.07) is 5.10. The molecule has 18 heavy (non-hydrogen) atoms. The molecule has 1 unspecified atom stereocenters. The van der Waals surface area contributed by atoms with Crippen molar-refractivity contribution in [1.82, 2.24) is 0 Å². The molecule has 90 valence electrons. The van der Waals surface area contributed by atoms with E-state index in [1.165, 1.54) is 11.0 Å². The van der Waals surface area contributed by atoms with Crippen LogP contribution in [-0.4, -0.2) is 12.5 Å². The second-order valence-electron chi connectivity index (χ2n) is 4.04. The smallest absolute Gasteiger partial charge is 0.228 e. The van der Waals surface area contributed by atoms with E-state index in [0.29, 0.717) is 17.9 Å². The van der Waals surface area contributed by atoms with Gasteiger partial charge in [-0.3, -0.25) is 4.79 Å². The molecule has 0 spiro atoms. The van der Waals surface area contributed by atoms with E-state index in [0.717, 1.165) is 0 Å². The highest BCUT2D eigenvalue weighted by molar-refractivity contribution is 6.32. The Balaban J connectivity index is 2.53. The van der Waals surface area contributed by atoms with Crippen LogP contribution in [0.25, 0.3) is 0 Å². The van der Waals surface area contributed by atoms with Crippen molar-refractivity contribution in [2.45, 2.75) is 6.42 Å². The monoisotopic (exact) mass is 259 g/mol. The summed E-state index contributed by atoms with van der Waals surface area (Å²) < 4.78 is 0. The molecule has 0 aliphatic carbocycles. The molecule has 1 aromatic carbocycles. The molecule has 5 heteroatoms. The van der Waals surface area contributed by atoms with Crippen molar-refractivity contribution in [3.05, 3.63) is 22.7 Å². The molecule has 1 saturated heterocycles. The van der Waals surface area contributed by atoms with Crippen LogP contribution in [0.15, 0.2) is 12.1 Å². The summed E-state index contributed by atoms with van der Waals surface area (Å²) in [5.74, 6) is 2.26. The minimum absolute atomic E-state index is 0.136. The summed E-state index contributed by atoms with van der Waals surface area (Å²) in [4.78, 5) is 13.3. The van der Waals surface area contributed by atoms with Crippen molar-refractivity contribution in [2.75, 3.05) is 17.2 Å². The number of carbonyl (C=O) groups excluding carboxylic acids is 1. The molecule has 1 fully saturated rings. The third-order valence-electron chi connectivity index (χ3n) is 2.90. The summed E-state index contributed by atoms with van der Waals surface area (Å²) in [7, 11) is 0. The number of anilines is 2. The van der Waals surface area contributed by atoms with Gasteiger partial charge in [-0.25, -0.2) is 0 Å². The van der Waals surface area contributed by atoms with Crippen molar-refractivity contribution in [3.63, 3.8) is 0 Å². The number of amides is 1. The number of rotatable bonds is 1. The van der Waals surface area contributed by atoms with E-state index in [9.17, 15) is 4.79 Å². The molecule has 0 saturated carbocycles. The number of carbonyl (C=O) groups is 1. The van der Waals surface area contributed by atoms with Crippen molar-refractivity contribution in [1.29, 1.82) is 5.26 Å². The average molecular weight is 260 g/mol. The summed E-state index contributed by atoms with van der Waals surface area (Å²) >= 11 is 5.94. The first-order valence-electron chi connectivity index (χ1n) is 5.33. The van der Waals surface area contributed by atoms with Crippen LogP contribution in [0.5, 0.6) is 0 Å². The molecule has 4 nitrogen and oxygen atoms in total. The molecule has 1 aromatic rings. The highest BCUT2D eigenvalue weighted by Gasteiger charge is 2.32. The Kier molecular flexibility index (Phi) is 3.14. The van der Waals surface area contributed by atoms with E-state index in [1.54, 1.807) is 6.07 Å². The number of halogens is 1. The fourth-order valence-electron chi connectivity index (χ4n) is 2.02. The number of nitriles is 1. The predicted octanol–water partition coefficient (Wildman–Crippen LogP) is 1.78. The van der Waals surface area contributed by atoms with Gasteiger partial charge >= 0.3 is 0 Å². The number of hydrogen-bond acceptors (Lipinski definition) is 3. The quantitative estimate of drug-likeness (QED) is 0.617. The topological polar surface area (TPSA) is 70.1 Å². The van der Waals surface area contributed by atoms with Gasteiger partial charge in [0.25, 0.3) is 0 Å². The van der Waals surface area contributed by atoms with E-state index in [4.69, 9.17) is 29.0 Å². The summed E-state index contributed by atoms with van der Waals surface area (Å²) in [6.45, 7) is 0.370. The number of hydrogen-bond donors (Lipinski definition) is 1. The maximum absolute atomic E-state index is 11.9. The number of nitrogens with two attached hydrogens (primary N) is 1. The van der Waals surface area contributed by atoms with Crippen molar-refractivity contribution in [2.24, 2.45) is 5.92 Å². The number of nitrogens with zero attached hydrogens (tertiary/aromatic N) is 2. The maximum Gasteiger partial charge on any atom is 0.228 e. The van der Waals surface area contributed by atoms with E-state index < -0.39 is 0 Å². The molecule has 0 bridgehead atoms. The molecule has 0 radical (unpaired) electrons. The van der Waals surface area contributed by atoms with Crippen LogP contribution in [0.1, 0.15) is 12.0 Å². The normalized spacial score (nSPS) is 18.5. The second kappa shape index (κ2) is 4.60. The summed E-state index contributed by atoms with van der Waals surface area (Å²) in [5.41, 5.74) is 6.77. The van der Waals surface area contributed by atoms with Crippen LogP contribution >= 0.6 is 11.6 Å². The second-order valence-corrected chi connectivity index (χ2v) is 4.45. The molecule has 1 aliphatic rings. The Morgan fingerprint density at radius 2 is 2.28 bits per heavy atom. The number of benzene rings is 1. The van der Waals surface area contributed by atoms with Gasteiger partial charge in [-0.2, -0.15) is 5.26 Å². The van der Waals surface area contributed by atoms with Gasteiger partial charge in [0, 0.05) is 18.9 Å². The third kappa shape index (κ3) is 1.88. The lowest BCUT2D eigenvalue weighted by atomic mass is 10.1. The van der Waals surface area contributed by atoms with Gasteiger partial charge in [0.2, 0.25) is 5.91 Å². The van der Waals surface area contributed by atoms with Gasteiger partial charge in [0.05, 0.1) is 22.0 Å². The molecular weight excluding hydrogens is 250 g/mol. The zero-order chi connectivity index (χ0) is 13.3. The Labute approximate surface area is 110 Å². The van der Waals surface area contributed by atoms with E-state index >= 15 is 0 Å². The van der Waals surface area contributed by atoms with Gasteiger partial charge in [-0.1, -0.05) is 11.6 Å². The largest absolute Gasteiger partial charge is 0.397 e. The van der Waals surface area contributed by atoms with Gasteiger partial charge in [0.15, 0.2) is 0 Å². The standard InChI is InChI=1S/C13H10ClN3O/c1-2-8-5-12(18)17(7-8)13-9(6-15)10(14)3-4-11(13)16/h1,3-4,8H,5,7,16H2. The summed E-state index contributed by atoms with van der Waals surface area (Å²) in [5, 5.41) is 9.40. The lowest BCUT2D eigenvalue weighted by Gasteiger charge is -2.20. The Hall–Kier alpha value is -2.17. The molecule has 1 heterocycles. The first-order valence-corrected chi connectivity index (χ1v) is 5.70. The zero-order valence-electron chi connectivity index (χ0n) is 9.48. The molecule has 2 rings (SSSR count).